The van der Waals surface area contributed by atoms with Gasteiger partial charge in [0.05, 0.1) is 5.69 Å². The Bertz CT molecular complexity index is 838. The average Bonchev–Trinajstić information content (AvgIpc) is 3.25. The van der Waals surface area contributed by atoms with Gasteiger partial charge in [-0.15, -0.1) is 10.2 Å². The molecule has 3 aromatic rings. The fraction of sp³-hybridized carbons (Fsp3) is 0.286. The quantitative estimate of drug-likeness (QED) is 0.769. The molecule has 4 rings (SSSR count). The van der Waals surface area contributed by atoms with Crippen LogP contribution in [0.2, 0.25) is 0 Å². The second-order valence-electron chi connectivity index (χ2n) is 5.28. The summed E-state index contributed by atoms with van der Waals surface area (Å²) in [7, 11) is 0. The van der Waals surface area contributed by atoms with Gasteiger partial charge in [0, 0.05) is 43.3 Å². The van der Waals surface area contributed by atoms with E-state index in [4.69, 9.17) is 10.1 Å². The fourth-order valence-corrected chi connectivity index (χ4v) is 3.34. The SMILES string of the molecule is O=C(O)N1CCN(c2nc(-c3ccsc3)cn3cnnc23)CC1. The maximum absolute atomic E-state index is 11.0. The lowest BCUT2D eigenvalue weighted by Crippen LogP contribution is -2.48. The molecule has 4 heterocycles. The Kier molecular flexibility index (Phi) is 3.34. The summed E-state index contributed by atoms with van der Waals surface area (Å²) < 4.78 is 1.86. The third-order valence-corrected chi connectivity index (χ3v) is 4.61. The highest BCUT2D eigenvalue weighted by molar-refractivity contribution is 7.08. The molecule has 0 spiro atoms. The number of carbonyl (C=O) groups is 1. The first-order chi connectivity index (χ1) is 11.2. The van der Waals surface area contributed by atoms with Gasteiger partial charge in [0.2, 0.25) is 5.65 Å². The van der Waals surface area contributed by atoms with Crippen LogP contribution >= 0.6 is 11.3 Å². The van der Waals surface area contributed by atoms with E-state index in [1.807, 2.05) is 27.4 Å². The first-order valence-corrected chi connectivity index (χ1v) is 8.12. The van der Waals surface area contributed by atoms with Crippen LogP contribution in [0.5, 0.6) is 0 Å². The number of thiophene rings is 1. The Labute approximate surface area is 135 Å². The van der Waals surface area contributed by atoms with Crippen molar-refractivity contribution in [1.29, 1.82) is 0 Å². The van der Waals surface area contributed by atoms with E-state index in [2.05, 4.69) is 15.1 Å². The molecule has 9 heteroatoms. The van der Waals surface area contributed by atoms with Crippen molar-refractivity contribution in [3.8, 4) is 11.3 Å². The molecule has 0 radical (unpaired) electrons. The highest BCUT2D eigenvalue weighted by Crippen LogP contribution is 2.26. The van der Waals surface area contributed by atoms with Crippen LogP contribution in [-0.2, 0) is 0 Å². The maximum atomic E-state index is 11.0. The molecule has 1 aliphatic heterocycles. The molecule has 0 atom stereocenters. The number of fused-ring (bicyclic) bond motifs is 1. The Balaban J connectivity index is 1.72. The van der Waals surface area contributed by atoms with Crippen molar-refractivity contribution in [2.45, 2.75) is 0 Å². The van der Waals surface area contributed by atoms with Crippen LogP contribution in [0.1, 0.15) is 0 Å². The van der Waals surface area contributed by atoms with Crippen LogP contribution in [-0.4, -0.2) is 61.9 Å². The Morgan fingerprint density at radius 2 is 2.09 bits per heavy atom. The monoisotopic (exact) mass is 330 g/mol. The molecular weight excluding hydrogens is 316 g/mol. The standard InChI is InChI=1S/C14H14N6O2S/c21-14(22)19-4-2-18(3-5-19)12-13-17-15-9-20(13)7-11(16-12)10-1-6-23-8-10/h1,6-9H,2-5H2,(H,21,22). The van der Waals surface area contributed by atoms with Gasteiger partial charge >= 0.3 is 6.09 Å². The van der Waals surface area contributed by atoms with Gasteiger partial charge in [-0.05, 0) is 11.4 Å². The van der Waals surface area contributed by atoms with E-state index in [1.54, 1.807) is 17.7 Å². The molecule has 118 valence electrons. The summed E-state index contributed by atoms with van der Waals surface area (Å²) in [6, 6.07) is 2.02. The largest absolute Gasteiger partial charge is 0.465 e. The van der Waals surface area contributed by atoms with Crippen molar-refractivity contribution in [3.63, 3.8) is 0 Å². The van der Waals surface area contributed by atoms with Crippen molar-refractivity contribution in [2.24, 2.45) is 0 Å². The van der Waals surface area contributed by atoms with Crippen LogP contribution in [0.4, 0.5) is 10.6 Å². The number of carboxylic acid groups (broad SMARTS) is 1. The lowest BCUT2D eigenvalue weighted by Gasteiger charge is -2.33. The number of hydrogen-bond donors (Lipinski definition) is 1. The molecule has 3 aromatic heterocycles. The fourth-order valence-electron chi connectivity index (χ4n) is 2.69. The molecule has 1 aliphatic rings. The van der Waals surface area contributed by atoms with E-state index in [-0.39, 0.29) is 0 Å². The zero-order valence-corrected chi connectivity index (χ0v) is 13.0. The summed E-state index contributed by atoms with van der Waals surface area (Å²) in [5, 5.41) is 21.2. The minimum absolute atomic E-state index is 0.458. The van der Waals surface area contributed by atoms with Crippen LogP contribution in [0.15, 0.2) is 29.4 Å². The van der Waals surface area contributed by atoms with E-state index in [1.165, 1.54) is 4.90 Å². The molecule has 0 aromatic carbocycles. The number of amides is 1. The van der Waals surface area contributed by atoms with Gasteiger partial charge in [-0.25, -0.2) is 9.78 Å². The maximum Gasteiger partial charge on any atom is 0.407 e. The number of rotatable bonds is 2. The predicted octanol–water partition coefficient (Wildman–Crippen LogP) is 1.65. The van der Waals surface area contributed by atoms with E-state index in [0.29, 0.717) is 31.8 Å². The van der Waals surface area contributed by atoms with Crippen molar-refractivity contribution in [2.75, 3.05) is 31.1 Å². The van der Waals surface area contributed by atoms with Crippen molar-refractivity contribution in [3.05, 3.63) is 29.4 Å². The summed E-state index contributed by atoms with van der Waals surface area (Å²) in [4.78, 5) is 19.3. The number of aromatic nitrogens is 4. The third kappa shape index (κ3) is 2.48. The summed E-state index contributed by atoms with van der Waals surface area (Å²) >= 11 is 1.62. The Morgan fingerprint density at radius 3 is 2.78 bits per heavy atom. The second-order valence-corrected chi connectivity index (χ2v) is 6.06. The van der Waals surface area contributed by atoms with Gasteiger partial charge in [0.25, 0.3) is 0 Å². The topological polar surface area (TPSA) is 86.9 Å². The van der Waals surface area contributed by atoms with Gasteiger partial charge in [-0.3, -0.25) is 4.40 Å². The summed E-state index contributed by atoms with van der Waals surface area (Å²) in [5.41, 5.74) is 2.60. The molecule has 0 unspecified atom stereocenters. The van der Waals surface area contributed by atoms with E-state index in [0.717, 1.165) is 17.1 Å². The molecular formula is C14H14N6O2S. The van der Waals surface area contributed by atoms with Crippen LogP contribution < -0.4 is 4.90 Å². The predicted molar refractivity (Wildman–Crippen MR) is 85.9 cm³/mol. The number of nitrogens with zero attached hydrogens (tertiary/aromatic N) is 6. The molecule has 1 N–H and O–H groups in total. The van der Waals surface area contributed by atoms with Crippen LogP contribution in [0.3, 0.4) is 0 Å². The lowest BCUT2D eigenvalue weighted by molar-refractivity contribution is 0.142. The summed E-state index contributed by atoms with van der Waals surface area (Å²) in [6.45, 7) is 2.10. The zero-order chi connectivity index (χ0) is 15.8. The number of piperazine rings is 1. The van der Waals surface area contributed by atoms with Gasteiger partial charge < -0.3 is 14.9 Å². The highest BCUT2D eigenvalue weighted by Gasteiger charge is 2.24. The van der Waals surface area contributed by atoms with E-state index < -0.39 is 6.09 Å². The minimum Gasteiger partial charge on any atom is -0.465 e. The number of hydrogen-bond acceptors (Lipinski definition) is 6. The zero-order valence-electron chi connectivity index (χ0n) is 12.2. The van der Waals surface area contributed by atoms with Crippen molar-refractivity contribution in [1.82, 2.24) is 24.5 Å². The average molecular weight is 330 g/mol. The van der Waals surface area contributed by atoms with Crippen molar-refractivity contribution < 1.29 is 9.90 Å². The van der Waals surface area contributed by atoms with E-state index >= 15 is 0 Å². The molecule has 1 amide bonds. The third-order valence-electron chi connectivity index (χ3n) is 3.93. The number of anilines is 1. The molecule has 0 saturated carbocycles. The Morgan fingerprint density at radius 1 is 1.26 bits per heavy atom. The van der Waals surface area contributed by atoms with Gasteiger partial charge in [0.15, 0.2) is 5.82 Å². The smallest absolute Gasteiger partial charge is 0.407 e. The molecule has 0 bridgehead atoms. The molecule has 1 saturated heterocycles. The molecule has 23 heavy (non-hydrogen) atoms. The van der Waals surface area contributed by atoms with Crippen LogP contribution in [0, 0.1) is 0 Å². The normalized spacial score (nSPS) is 15.3. The first kappa shape index (κ1) is 13.9. The Hall–Kier alpha value is -2.68. The first-order valence-electron chi connectivity index (χ1n) is 7.18. The lowest BCUT2D eigenvalue weighted by atomic mass is 10.2. The van der Waals surface area contributed by atoms with Crippen LogP contribution in [0.25, 0.3) is 16.9 Å². The van der Waals surface area contributed by atoms with Crippen molar-refractivity contribution >= 4 is 28.9 Å². The van der Waals surface area contributed by atoms with Gasteiger partial charge in [0.1, 0.15) is 6.33 Å². The molecule has 8 nitrogen and oxygen atoms in total. The van der Waals surface area contributed by atoms with Gasteiger partial charge in [-0.1, -0.05) is 0 Å². The highest BCUT2D eigenvalue weighted by atomic mass is 32.1. The molecule has 0 aliphatic carbocycles. The summed E-state index contributed by atoms with van der Waals surface area (Å²) in [5.74, 6) is 0.747. The second kappa shape index (κ2) is 5.51. The van der Waals surface area contributed by atoms with Gasteiger partial charge in [-0.2, -0.15) is 11.3 Å². The minimum atomic E-state index is -0.878. The van der Waals surface area contributed by atoms with E-state index in [9.17, 15) is 4.79 Å². The molecule has 1 fully saturated rings. The summed E-state index contributed by atoms with van der Waals surface area (Å²) in [6.07, 6.45) is 2.69.